The molecule has 0 aliphatic rings. The summed E-state index contributed by atoms with van der Waals surface area (Å²) < 4.78 is 19.0. The van der Waals surface area contributed by atoms with Crippen LogP contribution >= 0.6 is 0 Å². The lowest BCUT2D eigenvalue weighted by Crippen LogP contribution is -2.53. The predicted molar refractivity (Wildman–Crippen MR) is 119 cm³/mol. The Balaban J connectivity index is 1.79. The molecule has 0 radical (unpaired) electrons. The van der Waals surface area contributed by atoms with E-state index in [-0.39, 0.29) is 18.4 Å². The van der Waals surface area contributed by atoms with Gasteiger partial charge in [-0.15, -0.1) is 0 Å². The van der Waals surface area contributed by atoms with E-state index in [1.165, 1.54) is 20.1 Å². The van der Waals surface area contributed by atoms with Gasteiger partial charge in [-0.1, -0.05) is 60.7 Å². The number of benzene rings is 3. The van der Waals surface area contributed by atoms with E-state index in [0.717, 1.165) is 16.3 Å². The first-order valence-electron chi connectivity index (χ1n) is 10.2. The van der Waals surface area contributed by atoms with E-state index in [2.05, 4.69) is 10.6 Å². The van der Waals surface area contributed by atoms with E-state index < -0.39 is 35.7 Å². The first-order valence-corrected chi connectivity index (χ1v) is 10.2. The summed E-state index contributed by atoms with van der Waals surface area (Å²) in [7, 11) is 1.24. The maximum atomic E-state index is 14.1. The van der Waals surface area contributed by atoms with Gasteiger partial charge >= 0.3 is 5.97 Å². The molecule has 0 unspecified atom stereocenters. The van der Waals surface area contributed by atoms with E-state index in [4.69, 9.17) is 4.74 Å². The standard InChI is InChI=1S/C25H25FN2O4/c1-16(29)27-22(15-20-9-5-6-10-21(20)26)24(30)28-23(25(31)32-2)14-17-11-12-18-7-3-4-8-19(18)13-17/h3-13,22-23H,14-15H2,1-2H3,(H,27,29)(H,28,30)/t22-,23+/m1/s1. The van der Waals surface area contributed by atoms with Gasteiger partial charge in [0.05, 0.1) is 7.11 Å². The van der Waals surface area contributed by atoms with Crippen LogP contribution in [0, 0.1) is 5.82 Å². The molecule has 0 aliphatic heterocycles. The minimum absolute atomic E-state index is 0.0536. The molecule has 0 aromatic heterocycles. The molecule has 0 saturated carbocycles. The molecule has 0 spiro atoms. The fourth-order valence-electron chi connectivity index (χ4n) is 3.55. The van der Waals surface area contributed by atoms with E-state index in [1.54, 1.807) is 18.2 Å². The number of amides is 2. The maximum Gasteiger partial charge on any atom is 0.328 e. The molecule has 2 N–H and O–H groups in total. The molecule has 2 atom stereocenters. The van der Waals surface area contributed by atoms with Crippen molar-refractivity contribution in [3.8, 4) is 0 Å². The molecule has 2 amide bonds. The predicted octanol–water partition coefficient (Wildman–Crippen LogP) is 2.93. The highest BCUT2D eigenvalue weighted by molar-refractivity contribution is 5.91. The summed E-state index contributed by atoms with van der Waals surface area (Å²) in [5.41, 5.74) is 1.12. The molecule has 0 fully saturated rings. The third-order valence-electron chi connectivity index (χ3n) is 5.13. The van der Waals surface area contributed by atoms with Crippen molar-refractivity contribution in [2.24, 2.45) is 0 Å². The highest BCUT2D eigenvalue weighted by atomic mass is 19.1. The third kappa shape index (κ3) is 5.91. The minimum Gasteiger partial charge on any atom is -0.467 e. The number of halogens is 1. The quantitative estimate of drug-likeness (QED) is 0.532. The molecular formula is C25H25FN2O4. The fraction of sp³-hybridized carbons (Fsp3) is 0.240. The van der Waals surface area contributed by atoms with Crippen molar-refractivity contribution in [3.63, 3.8) is 0 Å². The van der Waals surface area contributed by atoms with Gasteiger partial charge in [-0.2, -0.15) is 0 Å². The summed E-state index contributed by atoms with van der Waals surface area (Å²) in [6.07, 6.45) is 0.150. The number of hydrogen-bond acceptors (Lipinski definition) is 4. The molecule has 7 heteroatoms. The number of ether oxygens (including phenoxy) is 1. The first kappa shape index (κ1) is 22.9. The van der Waals surface area contributed by atoms with Crippen molar-refractivity contribution in [2.45, 2.75) is 31.8 Å². The van der Waals surface area contributed by atoms with Gasteiger partial charge < -0.3 is 15.4 Å². The van der Waals surface area contributed by atoms with Crippen molar-refractivity contribution in [2.75, 3.05) is 7.11 Å². The van der Waals surface area contributed by atoms with Gasteiger partial charge in [0.1, 0.15) is 17.9 Å². The molecule has 0 aliphatic carbocycles. The Morgan fingerprint density at radius 2 is 1.56 bits per heavy atom. The summed E-state index contributed by atoms with van der Waals surface area (Å²) in [6, 6.07) is 17.6. The molecule has 0 bridgehead atoms. The highest BCUT2D eigenvalue weighted by Gasteiger charge is 2.28. The van der Waals surface area contributed by atoms with Gasteiger partial charge in [0.15, 0.2) is 0 Å². The second-order valence-electron chi connectivity index (χ2n) is 7.52. The van der Waals surface area contributed by atoms with Crippen LogP contribution in [0.2, 0.25) is 0 Å². The number of carbonyl (C=O) groups excluding carboxylic acids is 3. The van der Waals surface area contributed by atoms with Gasteiger partial charge in [0.25, 0.3) is 0 Å². The first-order chi connectivity index (χ1) is 15.4. The van der Waals surface area contributed by atoms with E-state index in [9.17, 15) is 18.8 Å². The topological polar surface area (TPSA) is 84.5 Å². The van der Waals surface area contributed by atoms with Crippen LogP contribution in [-0.4, -0.2) is 37.0 Å². The summed E-state index contributed by atoms with van der Waals surface area (Å²) in [5, 5.41) is 7.27. The van der Waals surface area contributed by atoms with Crippen molar-refractivity contribution in [1.29, 1.82) is 0 Å². The molecule has 166 valence electrons. The number of rotatable bonds is 8. The van der Waals surface area contributed by atoms with Gasteiger partial charge in [-0.3, -0.25) is 9.59 Å². The molecule has 3 aromatic carbocycles. The minimum atomic E-state index is -1.05. The van der Waals surface area contributed by atoms with E-state index in [0.29, 0.717) is 0 Å². The smallest absolute Gasteiger partial charge is 0.328 e. The Bertz CT molecular complexity index is 1130. The lowest BCUT2D eigenvalue weighted by Gasteiger charge is -2.22. The lowest BCUT2D eigenvalue weighted by atomic mass is 10.0. The van der Waals surface area contributed by atoms with E-state index >= 15 is 0 Å². The van der Waals surface area contributed by atoms with Crippen molar-refractivity contribution in [1.82, 2.24) is 10.6 Å². The van der Waals surface area contributed by atoms with Crippen molar-refractivity contribution >= 4 is 28.6 Å². The Labute approximate surface area is 185 Å². The number of nitrogens with one attached hydrogen (secondary N) is 2. The lowest BCUT2D eigenvalue weighted by molar-refractivity contribution is -0.145. The molecule has 0 saturated heterocycles. The van der Waals surface area contributed by atoms with Crippen molar-refractivity contribution < 1.29 is 23.5 Å². The van der Waals surface area contributed by atoms with E-state index in [1.807, 2.05) is 42.5 Å². The summed E-state index contributed by atoms with van der Waals surface area (Å²) in [6.45, 7) is 1.27. The van der Waals surface area contributed by atoms with Crippen LogP contribution < -0.4 is 10.6 Å². The summed E-state index contributed by atoms with van der Waals surface area (Å²) >= 11 is 0. The van der Waals surface area contributed by atoms with Gasteiger partial charge in [0, 0.05) is 19.8 Å². The number of hydrogen-bond donors (Lipinski definition) is 2. The normalized spacial score (nSPS) is 12.6. The van der Waals surface area contributed by atoms with Crippen LogP contribution in [0.3, 0.4) is 0 Å². The second-order valence-corrected chi connectivity index (χ2v) is 7.52. The van der Waals surface area contributed by atoms with Gasteiger partial charge in [0.2, 0.25) is 11.8 Å². The molecular weight excluding hydrogens is 411 g/mol. The van der Waals surface area contributed by atoms with Crippen LogP contribution in [0.25, 0.3) is 10.8 Å². The maximum absolute atomic E-state index is 14.1. The molecule has 3 aromatic rings. The van der Waals surface area contributed by atoms with Gasteiger partial charge in [-0.25, -0.2) is 9.18 Å². The fourth-order valence-corrected chi connectivity index (χ4v) is 3.55. The number of carbonyl (C=O) groups is 3. The largest absolute Gasteiger partial charge is 0.467 e. The zero-order valence-electron chi connectivity index (χ0n) is 17.9. The SMILES string of the molecule is COC(=O)[C@H](Cc1ccc2ccccc2c1)NC(=O)[C@@H](Cc1ccccc1F)NC(C)=O. The van der Waals surface area contributed by atoms with Crippen LogP contribution in [0.1, 0.15) is 18.1 Å². The average molecular weight is 436 g/mol. The zero-order valence-corrected chi connectivity index (χ0v) is 17.9. The summed E-state index contributed by atoms with van der Waals surface area (Å²) in [4.78, 5) is 37.0. The zero-order chi connectivity index (χ0) is 23.1. The second kappa shape index (κ2) is 10.5. The van der Waals surface area contributed by atoms with Crippen LogP contribution in [0.5, 0.6) is 0 Å². The monoisotopic (exact) mass is 436 g/mol. The Morgan fingerprint density at radius 3 is 2.25 bits per heavy atom. The van der Waals surface area contributed by atoms with Gasteiger partial charge in [-0.05, 0) is 28.0 Å². The molecule has 32 heavy (non-hydrogen) atoms. The van der Waals surface area contributed by atoms with Crippen LogP contribution in [0.4, 0.5) is 4.39 Å². The number of esters is 1. The Morgan fingerprint density at radius 1 is 0.875 bits per heavy atom. The molecule has 0 heterocycles. The summed E-state index contributed by atoms with van der Waals surface area (Å²) in [5.74, 6) is -2.12. The Kier molecular flexibility index (Phi) is 7.54. The highest BCUT2D eigenvalue weighted by Crippen LogP contribution is 2.17. The number of methoxy groups -OCH3 is 1. The van der Waals surface area contributed by atoms with Crippen LogP contribution in [-0.2, 0) is 32.0 Å². The molecule has 6 nitrogen and oxygen atoms in total. The third-order valence-corrected chi connectivity index (χ3v) is 5.13. The van der Waals surface area contributed by atoms with Crippen molar-refractivity contribution in [3.05, 3.63) is 83.7 Å². The molecule has 3 rings (SSSR count). The Hall–Kier alpha value is -3.74. The average Bonchev–Trinajstić information content (AvgIpc) is 2.78. The van der Waals surface area contributed by atoms with Crippen LogP contribution in [0.15, 0.2) is 66.7 Å². The number of fused-ring (bicyclic) bond motifs is 1.